The summed E-state index contributed by atoms with van der Waals surface area (Å²) in [6, 6.07) is 9.84. The normalized spacial score (nSPS) is 12.7. The summed E-state index contributed by atoms with van der Waals surface area (Å²) in [6.45, 7) is 4.23. The molecule has 0 spiro atoms. The highest BCUT2D eigenvalue weighted by Crippen LogP contribution is 2.22. The van der Waals surface area contributed by atoms with Crippen molar-refractivity contribution in [1.29, 1.82) is 0 Å². The van der Waals surface area contributed by atoms with Crippen molar-refractivity contribution in [2.24, 2.45) is 0 Å². The van der Waals surface area contributed by atoms with Gasteiger partial charge in [-0.1, -0.05) is 25.1 Å². The number of benzene rings is 1. The summed E-state index contributed by atoms with van der Waals surface area (Å²) in [5.74, 6) is 0.0364. The minimum atomic E-state index is 0.0364. The highest BCUT2D eigenvalue weighted by molar-refractivity contribution is 6.07. The van der Waals surface area contributed by atoms with Crippen molar-refractivity contribution in [1.82, 2.24) is 9.78 Å². The predicted octanol–water partition coefficient (Wildman–Crippen LogP) is 4.03. The van der Waals surface area contributed by atoms with Crippen LogP contribution in [0.15, 0.2) is 47.2 Å². The molecule has 0 N–H and O–H groups in total. The standard InChI is InChI=1S/C17H18N2O2/c1-3-12(2)19-9-8-13(18-19)10-16(20)15-11-21-17-7-5-4-6-14(15)17/h4-9,11-12H,3,10H2,1-2H3. The van der Waals surface area contributed by atoms with Crippen LogP contribution in [0.1, 0.15) is 42.4 Å². The largest absolute Gasteiger partial charge is 0.464 e. The molecule has 0 aliphatic heterocycles. The molecule has 0 fully saturated rings. The predicted molar refractivity (Wildman–Crippen MR) is 81.5 cm³/mol. The van der Waals surface area contributed by atoms with Gasteiger partial charge in [-0.25, -0.2) is 0 Å². The first-order valence-electron chi connectivity index (χ1n) is 7.22. The fraction of sp³-hybridized carbons (Fsp3) is 0.294. The van der Waals surface area contributed by atoms with E-state index in [1.807, 2.05) is 41.2 Å². The summed E-state index contributed by atoms with van der Waals surface area (Å²) < 4.78 is 7.34. The van der Waals surface area contributed by atoms with E-state index in [0.29, 0.717) is 18.0 Å². The van der Waals surface area contributed by atoms with E-state index in [1.54, 1.807) is 6.26 Å². The first-order valence-corrected chi connectivity index (χ1v) is 7.22. The van der Waals surface area contributed by atoms with E-state index in [0.717, 1.165) is 23.1 Å². The van der Waals surface area contributed by atoms with Crippen molar-refractivity contribution < 1.29 is 9.21 Å². The maximum Gasteiger partial charge on any atom is 0.172 e. The van der Waals surface area contributed by atoms with Crippen LogP contribution in [-0.2, 0) is 6.42 Å². The Balaban J connectivity index is 1.81. The van der Waals surface area contributed by atoms with E-state index >= 15 is 0 Å². The maximum absolute atomic E-state index is 12.4. The summed E-state index contributed by atoms with van der Waals surface area (Å²) in [5, 5.41) is 5.34. The summed E-state index contributed by atoms with van der Waals surface area (Å²) in [4.78, 5) is 12.4. The lowest BCUT2D eigenvalue weighted by molar-refractivity contribution is 0.0992. The molecule has 0 radical (unpaired) electrons. The van der Waals surface area contributed by atoms with E-state index in [-0.39, 0.29) is 5.78 Å². The molecule has 0 bridgehead atoms. The number of para-hydroxylation sites is 1. The third kappa shape index (κ3) is 2.61. The molecule has 108 valence electrons. The quantitative estimate of drug-likeness (QED) is 0.664. The third-order valence-electron chi connectivity index (χ3n) is 3.83. The summed E-state index contributed by atoms with van der Waals surface area (Å²) in [6.07, 6.45) is 4.79. The Hall–Kier alpha value is -2.36. The average molecular weight is 282 g/mol. The van der Waals surface area contributed by atoms with E-state index in [1.165, 1.54) is 0 Å². The van der Waals surface area contributed by atoms with E-state index < -0.39 is 0 Å². The van der Waals surface area contributed by atoms with Crippen molar-refractivity contribution in [2.45, 2.75) is 32.7 Å². The van der Waals surface area contributed by atoms with Crippen molar-refractivity contribution in [3.05, 3.63) is 54.0 Å². The van der Waals surface area contributed by atoms with Crippen LogP contribution in [0.2, 0.25) is 0 Å². The second-order valence-corrected chi connectivity index (χ2v) is 5.29. The van der Waals surface area contributed by atoms with Gasteiger partial charge in [0.1, 0.15) is 11.8 Å². The Morgan fingerprint density at radius 2 is 2.14 bits per heavy atom. The van der Waals surface area contributed by atoms with Crippen LogP contribution in [0.3, 0.4) is 0 Å². The number of hydrogen-bond donors (Lipinski definition) is 0. The van der Waals surface area contributed by atoms with Gasteiger partial charge in [-0.3, -0.25) is 9.48 Å². The number of Topliss-reactive ketones (excluding diaryl/α,β-unsaturated/α-hetero) is 1. The van der Waals surface area contributed by atoms with Crippen LogP contribution in [0.5, 0.6) is 0 Å². The van der Waals surface area contributed by atoms with Gasteiger partial charge in [-0.05, 0) is 25.5 Å². The van der Waals surface area contributed by atoms with Crippen molar-refractivity contribution in [3.63, 3.8) is 0 Å². The molecule has 1 aromatic carbocycles. The van der Waals surface area contributed by atoms with Crippen LogP contribution in [0.25, 0.3) is 11.0 Å². The van der Waals surface area contributed by atoms with Gasteiger partial charge >= 0.3 is 0 Å². The number of nitrogens with zero attached hydrogens (tertiary/aromatic N) is 2. The Morgan fingerprint density at radius 1 is 1.33 bits per heavy atom. The molecule has 2 aromatic heterocycles. The number of rotatable bonds is 5. The topological polar surface area (TPSA) is 48.0 Å². The van der Waals surface area contributed by atoms with Gasteiger partial charge < -0.3 is 4.42 Å². The number of carbonyl (C=O) groups is 1. The van der Waals surface area contributed by atoms with Gasteiger partial charge in [0.15, 0.2) is 5.78 Å². The lowest BCUT2D eigenvalue weighted by atomic mass is 10.1. The van der Waals surface area contributed by atoms with Gasteiger partial charge in [0, 0.05) is 17.6 Å². The van der Waals surface area contributed by atoms with Crippen molar-refractivity contribution >= 4 is 16.8 Å². The zero-order chi connectivity index (χ0) is 14.8. The highest BCUT2D eigenvalue weighted by Gasteiger charge is 2.15. The maximum atomic E-state index is 12.4. The van der Waals surface area contributed by atoms with E-state index in [2.05, 4.69) is 18.9 Å². The molecule has 4 heteroatoms. The Labute approximate surface area is 123 Å². The smallest absolute Gasteiger partial charge is 0.172 e. The van der Waals surface area contributed by atoms with Crippen LogP contribution in [0, 0.1) is 0 Å². The van der Waals surface area contributed by atoms with Crippen LogP contribution < -0.4 is 0 Å². The molecule has 2 heterocycles. The molecule has 0 aliphatic carbocycles. The Morgan fingerprint density at radius 3 is 2.95 bits per heavy atom. The van der Waals surface area contributed by atoms with Gasteiger partial charge in [-0.15, -0.1) is 0 Å². The van der Waals surface area contributed by atoms with Crippen molar-refractivity contribution in [3.8, 4) is 0 Å². The van der Waals surface area contributed by atoms with E-state index in [4.69, 9.17) is 4.42 Å². The molecule has 3 aromatic rings. The molecule has 1 unspecified atom stereocenters. The van der Waals surface area contributed by atoms with Gasteiger partial charge in [0.2, 0.25) is 0 Å². The number of furan rings is 1. The molecule has 0 amide bonds. The highest BCUT2D eigenvalue weighted by atomic mass is 16.3. The average Bonchev–Trinajstić information content (AvgIpc) is 3.12. The second kappa shape index (κ2) is 5.56. The fourth-order valence-corrected chi connectivity index (χ4v) is 2.36. The minimum Gasteiger partial charge on any atom is -0.464 e. The zero-order valence-corrected chi connectivity index (χ0v) is 12.2. The first-order chi connectivity index (χ1) is 10.2. The minimum absolute atomic E-state index is 0.0364. The lowest BCUT2D eigenvalue weighted by Gasteiger charge is -2.07. The van der Waals surface area contributed by atoms with E-state index in [9.17, 15) is 4.79 Å². The Kier molecular flexibility index (Phi) is 3.60. The molecule has 1 atom stereocenters. The second-order valence-electron chi connectivity index (χ2n) is 5.29. The summed E-state index contributed by atoms with van der Waals surface area (Å²) in [7, 11) is 0. The number of fused-ring (bicyclic) bond motifs is 1. The van der Waals surface area contributed by atoms with Gasteiger partial charge in [0.05, 0.1) is 17.7 Å². The van der Waals surface area contributed by atoms with Crippen LogP contribution >= 0.6 is 0 Å². The molecule has 0 saturated carbocycles. The molecule has 4 nitrogen and oxygen atoms in total. The molecule has 3 rings (SSSR count). The third-order valence-corrected chi connectivity index (χ3v) is 3.83. The fourth-order valence-electron chi connectivity index (χ4n) is 2.36. The van der Waals surface area contributed by atoms with Crippen LogP contribution in [0.4, 0.5) is 0 Å². The molecular formula is C17H18N2O2. The lowest BCUT2D eigenvalue weighted by Crippen LogP contribution is -2.07. The number of ketones is 1. The zero-order valence-electron chi connectivity index (χ0n) is 12.2. The number of hydrogen-bond acceptors (Lipinski definition) is 3. The Bertz CT molecular complexity index is 770. The van der Waals surface area contributed by atoms with Gasteiger partial charge in [0.25, 0.3) is 0 Å². The number of aromatic nitrogens is 2. The molecule has 21 heavy (non-hydrogen) atoms. The molecule has 0 saturated heterocycles. The first kappa shape index (κ1) is 13.6. The SMILES string of the molecule is CCC(C)n1ccc(CC(=O)c2coc3ccccc23)n1. The van der Waals surface area contributed by atoms with Crippen molar-refractivity contribution in [2.75, 3.05) is 0 Å². The molecule has 0 aliphatic rings. The monoisotopic (exact) mass is 282 g/mol. The number of carbonyl (C=O) groups excluding carboxylic acids is 1. The van der Waals surface area contributed by atoms with Gasteiger partial charge in [-0.2, -0.15) is 5.10 Å². The summed E-state index contributed by atoms with van der Waals surface area (Å²) >= 11 is 0. The summed E-state index contributed by atoms with van der Waals surface area (Å²) in [5.41, 5.74) is 2.17. The van der Waals surface area contributed by atoms with Crippen LogP contribution in [-0.4, -0.2) is 15.6 Å². The molecular weight excluding hydrogens is 264 g/mol.